The van der Waals surface area contributed by atoms with Crippen molar-refractivity contribution in [2.24, 2.45) is 0 Å². The predicted octanol–water partition coefficient (Wildman–Crippen LogP) is 5.23. The monoisotopic (exact) mass is 460 g/mol. The molecule has 0 aliphatic heterocycles. The van der Waals surface area contributed by atoms with Crippen molar-refractivity contribution in [3.63, 3.8) is 0 Å². The highest BCUT2D eigenvalue weighted by Gasteiger charge is 2.30. The van der Waals surface area contributed by atoms with E-state index >= 15 is 0 Å². The van der Waals surface area contributed by atoms with E-state index in [4.69, 9.17) is 0 Å². The Morgan fingerprint density at radius 2 is 1.68 bits per heavy atom. The Hall–Kier alpha value is -4.53. The Morgan fingerprint density at radius 1 is 0.912 bits per heavy atom. The van der Waals surface area contributed by atoms with Gasteiger partial charge in [-0.15, -0.1) is 0 Å². The van der Waals surface area contributed by atoms with Gasteiger partial charge in [-0.25, -0.2) is 9.97 Å². The first-order valence-electron chi connectivity index (χ1n) is 10.1. The molecular formula is C25H15F3N4O2. The van der Waals surface area contributed by atoms with E-state index in [0.29, 0.717) is 28.0 Å². The normalized spacial score (nSPS) is 11.6. The molecule has 0 fully saturated rings. The zero-order chi connectivity index (χ0) is 23.9. The molecular weight excluding hydrogens is 445 g/mol. The van der Waals surface area contributed by atoms with Crippen LogP contribution < -0.4 is 5.56 Å². The molecule has 0 saturated carbocycles. The number of benzene rings is 2. The maximum Gasteiger partial charge on any atom is 0.416 e. The van der Waals surface area contributed by atoms with Crippen LogP contribution >= 0.6 is 0 Å². The van der Waals surface area contributed by atoms with E-state index in [1.807, 2.05) is 0 Å². The number of halogens is 3. The summed E-state index contributed by atoms with van der Waals surface area (Å²) < 4.78 is 40.2. The van der Waals surface area contributed by atoms with Gasteiger partial charge in [-0.05, 0) is 42.5 Å². The second-order valence-corrected chi connectivity index (χ2v) is 7.48. The Balaban J connectivity index is 1.78. The summed E-state index contributed by atoms with van der Waals surface area (Å²) >= 11 is 0. The number of aromatic hydroxyl groups is 1. The van der Waals surface area contributed by atoms with E-state index in [9.17, 15) is 23.1 Å². The number of rotatable bonds is 3. The first-order valence-corrected chi connectivity index (χ1v) is 10.1. The molecule has 5 aromatic rings. The molecule has 5 rings (SSSR count). The molecule has 3 heterocycles. The van der Waals surface area contributed by atoms with Crippen LogP contribution in [0.15, 0.2) is 90.2 Å². The second-order valence-electron chi connectivity index (χ2n) is 7.48. The lowest BCUT2D eigenvalue weighted by molar-refractivity contribution is -0.137. The topological polar surface area (TPSA) is 80.9 Å². The highest BCUT2D eigenvalue weighted by atomic mass is 19.4. The third kappa shape index (κ3) is 3.77. The number of aromatic nitrogens is 4. The van der Waals surface area contributed by atoms with Gasteiger partial charge in [-0.1, -0.05) is 24.3 Å². The maximum absolute atomic E-state index is 13.5. The van der Waals surface area contributed by atoms with E-state index in [-0.39, 0.29) is 16.8 Å². The molecule has 0 aliphatic carbocycles. The minimum absolute atomic E-state index is 0.102. The lowest BCUT2D eigenvalue weighted by atomic mass is 10.0. The van der Waals surface area contributed by atoms with Crippen molar-refractivity contribution in [3.05, 3.63) is 101 Å². The van der Waals surface area contributed by atoms with Crippen molar-refractivity contribution in [2.75, 3.05) is 0 Å². The van der Waals surface area contributed by atoms with Gasteiger partial charge in [-0.2, -0.15) is 13.2 Å². The van der Waals surface area contributed by atoms with Gasteiger partial charge in [0.05, 0.1) is 28.0 Å². The Labute approximate surface area is 190 Å². The first kappa shape index (κ1) is 21.3. The molecule has 0 saturated heterocycles. The van der Waals surface area contributed by atoms with Crippen molar-refractivity contribution >= 4 is 10.9 Å². The molecule has 0 unspecified atom stereocenters. The molecule has 0 aliphatic rings. The number of phenols is 1. The minimum atomic E-state index is -4.47. The standard InChI is InChI=1S/C25H15F3N4O2/c26-25(27,28)17-9-7-15(8-10-17)19-12-18-23(22(31-19)16-4-3-11-29-13-16)30-14-32(24(18)34)20-5-1-2-6-21(20)33/h1-14,33H. The molecule has 0 spiro atoms. The number of hydrogen-bond acceptors (Lipinski definition) is 5. The number of para-hydroxylation sites is 2. The number of fused-ring (bicyclic) bond motifs is 1. The van der Waals surface area contributed by atoms with Gasteiger partial charge < -0.3 is 5.11 Å². The summed E-state index contributed by atoms with van der Waals surface area (Å²) in [7, 11) is 0. The van der Waals surface area contributed by atoms with Crippen molar-refractivity contribution in [1.82, 2.24) is 19.5 Å². The second kappa shape index (κ2) is 8.11. The first-order chi connectivity index (χ1) is 16.3. The Bertz CT molecular complexity index is 1560. The average Bonchev–Trinajstić information content (AvgIpc) is 2.84. The zero-order valence-electron chi connectivity index (χ0n) is 17.4. The van der Waals surface area contributed by atoms with E-state index in [0.717, 1.165) is 12.1 Å². The van der Waals surface area contributed by atoms with Crippen molar-refractivity contribution in [3.8, 4) is 34.0 Å². The fourth-order valence-electron chi connectivity index (χ4n) is 3.65. The molecule has 9 heteroatoms. The summed E-state index contributed by atoms with van der Waals surface area (Å²) in [6.45, 7) is 0. The Kier molecular flexibility index (Phi) is 5.09. The summed E-state index contributed by atoms with van der Waals surface area (Å²) in [6, 6.07) is 15.8. The number of phenolic OH excluding ortho intramolecular Hbond substituents is 1. The summed E-state index contributed by atoms with van der Waals surface area (Å²) in [4.78, 5) is 26.6. The van der Waals surface area contributed by atoms with Gasteiger partial charge in [0.2, 0.25) is 0 Å². The number of pyridine rings is 2. The highest BCUT2D eigenvalue weighted by Crippen LogP contribution is 2.33. The molecule has 0 atom stereocenters. The maximum atomic E-state index is 13.5. The smallest absolute Gasteiger partial charge is 0.416 e. The minimum Gasteiger partial charge on any atom is -0.506 e. The van der Waals surface area contributed by atoms with Gasteiger partial charge in [0.1, 0.15) is 17.6 Å². The number of hydrogen-bond donors (Lipinski definition) is 1. The van der Waals surface area contributed by atoms with E-state index < -0.39 is 17.3 Å². The van der Waals surface area contributed by atoms with Gasteiger partial charge >= 0.3 is 6.18 Å². The molecule has 168 valence electrons. The van der Waals surface area contributed by atoms with Crippen LogP contribution in [-0.2, 0) is 6.18 Å². The van der Waals surface area contributed by atoms with Crippen LogP contribution in [0.2, 0.25) is 0 Å². The molecule has 3 aromatic heterocycles. The molecule has 0 bridgehead atoms. The van der Waals surface area contributed by atoms with Crippen LogP contribution in [-0.4, -0.2) is 24.6 Å². The average molecular weight is 460 g/mol. The van der Waals surface area contributed by atoms with Crippen LogP contribution in [0.1, 0.15) is 5.56 Å². The lowest BCUT2D eigenvalue weighted by Crippen LogP contribution is -2.19. The number of alkyl halides is 3. The fraction of sp³-hybridized carbons (Fsp3) is 0.0400. The summed E-state index contributed by atoms with van der Waals surface area (Å²) in [5.74, 6) is -0.102. The summed E-state index contributed by atoms with van der Waals surface area (Å²) in [5, 5.41) is 10.4. The molecule has 34 heavy (non-hydrogen) atoms. The quantitative estimate of drug-likeness (QED) is 0.399. The van der Waals surface area contributed by atoms with Crippen LogP contribution in [0.5, 0.6) is 5.75 Å². The highest BCUT2D eigenvalue weighted by molar-refractivity contribution is 5.93. The third-order valence-electron chi connectivity index (χ3n) is 5.33. The SMILES string of the molecule is O=c1c2cc(-c3ccc(C(F)(F)F)cc3)nc(-c3cccnc3)c2ncn1-c1ccccc1O. The summed E-state index contributed by atoms with van der Waals surface area (Å²) in [5.41, 5.74) is 0.959. The predicted molar refractivity (Wildman–Crippen MR) is 120 cm³/mol. The largest absolute Gasteiger partial charge is 0.506 e. The van der Waals surface area contributed by atoms with E-state index in [1.54, 1.807) is 42.7 Å². The molecule has 2 aromatic carbocycles. The van der Waals surface area contributed by atoms with Crippen molar-refractivity contribution < 1.29 is 18.3 Å². The van der Waals surface area contributed by atoms with E-state index in [1.165, 1.54) is 35.2 Å². The van der Waals surface area contributed by atoms with Gasteiger partial charge in [0.25, 0.3) is 5.56 Å². The van der Waals surface area contributed by atoms with Gasteiger partial charge in [0.15, 0.2) is 0 Å². The molecule has 6 nitrogen and oxygen atoms in total. The van der Waals surface area contributed by atoms with E-state index in [2.05, 4.69) is 15.0 Å². The van der Waals surface area contributed by atoms with Crippen molar-refractivity contribution in [2.45, 2.75) is 6.18 Å². The Morgan fingerprint density at radius 3 is 2.35 bits per heavy atom. The number of nitrogens with zero attached hydrogens (tertiary/aromatic N) is 4. The lowest BCUT2D eigenvalue weighted by Gasteiger charge is -2.13. The zero-order valence-corrected chi connectivity index (χ0v) is 17.4. The molecule has 1 N–H and O–H groups in total. The van der Waals surface area contributed by atoms with Gasteiger partial charge in [0, 0.05) is 23.5 Å². The third-order valence-corrected chi connectivity index (χ3v) is 5.33. The molecule has 0 radical (unpaired) electrons. The van der Waals surface area contributed by atoms with Crippen LogP contribution in [0.25, 0.3) is 39.1 Å². The van der Waals surface area contributed by atoms with Crippen LogP contribution in [0.4, 0.5) is 13.2 Å². The fourth-order valence-corrected chi connectivity index (χ4v) is 3.65. The summed E-state index contributed by atoms with van der Waals surface area (Å²) in [6.07, 6.45) is -0.0108. The van der Waals surface area contributed by atoms with Gasteiger partial charge in [-0.3, -0.25) is 14.3 Å². The van der Waals surface area contributed by atoms with Crippen LogP contribution in [0, 0.1) is 0 Å². The van der Waals surface area contributed by atoms with Crippen LogP contribution in [0.3, 0.4) is 0 Å². The molecule has 0 amide bonds. The van der Waals surface area contributed by atoms with Crippen molar-refractivity contribution in [1.29, 1.82) is 0 Å².